The summed E-state index contributed by atoms with van der Waals surface area (Å²) >= 11 is 0. The summed E-state index contributed by atoms with van der Waals surface area (Å²) in [4.78, 5) is 23.8. The van der Waals surface area contributed by atoms with Gasteiger partial charge in [-0.25, -0.2) is 13.2 Å². The molecule has 6 nitrogen and oxygen atoms in total. The molecular weight excluding hydrogens is 294 g/mol. The monoisotopic (exact) mass is 313 g/mol. The van der Waals surface area contributed by atoms with Crippen LogP contribution < -0.4 is 0 Å². The smallest absolute Gasteiger partial charge is 0.335 e. The van der Waals surface area contributed by atoms with Gasteiger partial charge in [0, 0.05) is 20.5 Å². The van der Waals surface area contributed by atoms with Gasteiger partial charge in [-0.15, -0.1) is 0 Å². The Morgan fingerprint density at radius 1 is 1.24 bits per heavy atom. The van der Waals surface area contributed by atoms with Gasteiger partial charge in [-0.1, -0.05) is 13.0 Å². The Labute approximate surface area is 124 Å². The van der Waals surface area contributed by atoms with Crippen LogP contribution in [0.5, 0.6) is 0 Å². The second-order valence-corrected chi connectivity index (χ2v) is 6.92. The molecule has 0 spiro atoms. The normalized spacial score (nSPS) is 11.2. The zero-order chi connectivity index (χ0) is 16.2. The lowest BCUT2D eigenvalue weighted by Gasteiger charge is -2.12. The van der Waals surface area contributed by atoms with Crippen molar-refractivity contribution >= 4 is 21.7 Å². The fraction of sp³-hybridized carbons (Fsp3) is 0.429. The number of benzene rings is 1. The topological polar surface area (TPSA) is 91.7 Å². The number of rotatable bonds is 6. The average molecular weight is 313 g/mol. The number of hydrogen-bond acceptors (Lipinski definition) is 4. The van der Waals surface area contributed by atoms with Crippen molar-refractivity contribution in [3.05, 3.63) is 29.3 Å². The largest absolute Gasteiger partial charge is 0.478 e. The molecular formula is C14H19NO5S. The summed E-state index contributed by atoms with van der Waals surface area (Å²) < 4.78 is 24.7. The van der Waals surface area contributed by atoms with E-state index < -0.39 is 15.8 Å². The van der Waals surface area contributed by atoms with E-state index in [-0.39, 0.29) is 28.5 Å². The first-order chi connectivity index (χ1) is 9.69. The third-order valence-corrected chi connectivity index (χ3v) is 4.91. The molecule has 0 saturated carbocycles. The standard InChI is InChI=1S/C14H19NO5S/c1-4-10-5-6-11(14(17)18)9-12(10)21(19,20)8-7-13(16)15(2)3/h5-6,9H,4,7-8H2,1-3H3,(H,17,18). The highest BCUT2D eigenvalue weighted by molar-refractivity contribution is 7.91. The number of carboxylic acid groups (broad SMARTS) is 1. The first kappa shape index (κ1) is 17.2. The molecule has 0 aliphatic carbocycles. The van der Waals surface area contributed by atoms with Crippen molar-refractivity contribution < 1.29 is 23.1 Å². The Morgan fingerprint density at radius 3 is 2.33 bits per heavy atom. The molecule has 0 aliphatic heterocycles. The number of aromatic carboxylic acids is 1. The highest BCUT2D eigenvalue weighted by atomic mass is 32.2. The molecule has 1 amide bonds. The molecule has 0 fully saturated rings. The molecule has 0 aromatic heterocycles. The van der Waals surface area contributed by atoms with Gasteiger partial charge in [-0.2, -0.15) is 0 Å². The van der Waals surface area contributed by atoms with Crippen molar-refractivity contribution in [1.29, 1.82) is 0 Å². The number of carbonyl (C=O) groups is 2. The molecule has 0 bridgehead atoms. The minimum absolute atomic E-state index is 0.00328. The van der Waals surface area contributed by atoms with Gasteiger partial charge < -0.3 is 10.0 Å². The van der Waals surface area contributed by atoms with Crippen molar-refractivity contribution in [2.75, 3.05) is 19.8 Å². The van der Waals surface area contributed by atoms with Gasteiger partial charge in [-0.3, -0.25) is 4.79 Å². The molecule has 0 heterocycles. The van der Waals surface area contributed by atoms with Crippen molar-refractivity contribution in [3.63, 3.8) is 0 Å². The molecule has 7 heteroatoms. The predicted molar refractivity (Wildman–Crippen MR) is 78.1 cm³/mol. The van der Waals surface area contributed by atoms with Gasteiger partial charge in [0.15, 0.2) is 9.84 Å². The van der Waals surface area contributed by atoms with Crippen molar-refractivity contribution in [3.8, 4) is 0 Å². The first-order valence-corrected chi connectivity index (χ1v) is 8.13. The number of aryl methyl sites for hydroxylation is 1. The maximum atomic E-state index is 12.4. The zero-order valence-electron chi connectivity index (χ0n) is 12.3. The highest BCUT2D eigenvalue weighted by Crippen LogP contribution is 2.21. The van der Waals surface area contributed by atoms with Crippen molar-refractivity contribution in [1.82, 2.24) is 4.90 Å². The Balaban J connectivity index is 3.14. The van der Waals surface area contributed by atoms with E-state index in [0.717, 1.165) is 6.07 Å². The Morgan fingerprint density at radius 2 is 1.86 bits per heavy atom. The summed E-state index contributed by atoms with van der Waals surface area (Å²) in [5, 5.41) is 8.97. The third kappa shape index (κ3) is 4.29. The second kappa shape index (κ2) is 6.71. The minimum atomic E-state index is -3.70. The Bertz CT molecular complexity index is 649. The molecule has 0 atom stereocenters. The van der Waals surface area contributed by atoms with Crippen LogP contribution in [0.4, 0.5) is 0 Å². The van der Waals surface area contributed by atoms with E-state index in [9.17, 15) is 18.0 Å². The number of carbonyl (C=O) groups excluding carboxylic acids is 1. The lowest BCUT2D eigenvalue weighted by molar-refractivity contribution is -0.128. The molecule has 0 unspecified atom stereocenters. The maximum absolute atomic E-state index is 12.4. The number of amides is 1. The summed E-state index contributed by atoms with van der Waals surface area (Å²) in [6, 6.07) is 4.05. The van der Waals surface area contributed by atoms with Crippen LogP contribution in [0.1, 0.15) is 29.3 Å². The molecule has 1 aromatic carbocycles. The van der Waals surface area contributed by atoms with E-state index in [1.165, 1.54) is 17.0 Å². The zero-order valence-corrected chi connectivity index (χ0v) is 13.1. The number of nitrogens with zero attached hydrogens (tertiary/aromatic N) is 1. The van der Waals surface area contributed by atoms with Gasteiger partial charge in [0.1, 0.15) is 0 Å². The second-order valence-electron chi connectivity index (χ2n) is 4.84. The fourth-order valence-electron chi connectivity index (χ4n) is 1.82. The van der Waals surface area contributed by atoms with Crippen LogP contribution in [0.3, 0.4) is 0 Å². The van der Waals surface area contributed by atoms with E-state index in [1.807, 2.05) is 0 Å². The van der Waals surface area contributed by atoms with Crippen LogP contribution in [0, 0.1) is 0 Å². The molecule has 0 aliphatic rings. The molecule has 0 radical (unpaired) electrons. The fourth-order valence-corrected chi connectivity index (χ4v) is 3.41. The van der Waals surface area contributed by atoms with Crippen LogP contribution in [0.25, 0.3) is 0 Å². The lowest BCUT2D eigenvalue weighted by Crippen LogP contribution is -2.24. The summed E-state index contributed by atoms with van der Waals surface area (Å²) in [5.41, 5.74) is 0.474. The number of hydrogen-bond donors (Lipinski definition) is 1. The van der Waals surface area contributed by atoms with E-state index in [1.54, 1.807) is 21.0 Å². The number of carboxylic acids is 1. The van der Waals surface area contributed by atoms with Gasteiger partial charge in [0.25, 0.3) is 0 Å². The minimum Gasteiger partial charge on any atom is -0.478 e. The average Bonchev–Trinajstić information content (AvgIpc) is 2.43. The van der Waals surface area contributed by atoms with E-state index >= 15 is 0 Å². The quantitative estimate of drug-likeness (QED) is 0.852. The van der Waals surface area contributed by atoms with Gasteiger partial charge in [0.05, 0.1) is 16.2 Å². The van der Waals surface area contributed by atoms with E-state index in [4.69, 9.17) is 5.11 Å². The predicted octanol–water partition coefficient (Wildman–Crippen LogP) is 1.20. The van der Waals surface area contributed by atoms with Gasteiger partial charge in [0.2, 0.25) is 5.91 Å². The summed E-state index contributed by atoms with van der Waals surface area (Å²) in [5.74, 6) is -1.80. The molecule has 1 rings (SSSR count). The van der Waals surface area contributed by atoms with Crippen molar-refractivity contribution in [2.24, 2.45) is 0 Å². The van der Waals surface area contributed by atoms with Crippen LogP contribution >= 0.6 is 0 Å². The first-order valence-electron chi connectivity index (χ1n) is 6.48. The Hall–Kier alpha value is -1.89. The van der Waals surface area contributed by atoms with Gasteiger partial charge >= 0.3 is 5.97 Å². The van der Waals surface area contributed by atoms with E-state index in [0.29, 0.717) is 12.0 Å². The van der Waals surface area contributed by atoms with Crippen LogP contribution in [-0.4, -0.2) is 50.1 Å². The van der Waals surface area contributed by atoms with Crippen molar-refractivity contribution in [2.45, 2.75) is 24.7 Å². The third-order valence-electron chi connectivity index (χ3n) is 3.11. The molecule has 1 aromatic rings. The summed E-state index contributed by atoms with van der Waals surface area (Å²) in [6.45, 7) is 1.79. The maximum Gasteiger partial charge on any atom is 0.335 e. The molecule has 21 heavy (non-hydrogen) atoms. The van der Waals surface area contributed by atoms with E-state index in [2.05, 4.69) is 0 Å². The van der Waals surface area contributed by atoms with Crippen LogP contribution in [0.15, 0.2) is 23.1 Å². The molecule has 0 saturated heterocycles. The lowest BCUT2D eigenvalue weighted by atomic mass is 10.1. The summed E-state index contributed by atoms with van der Waals surface area (Å²) in [6.07, 6.45) is 0.339. The highest BCUT2D eigenvalue weighted by Gasteiger charge is 2.21. The van der Waals surface area contributed by atoms with Crippen LogP contribution in [-0.2, 0) is 21.1 Å². The van der Waals surface area contributed by atoms with Gasteiger partial charge in [-0.05, 0) is 24.1 Å². The molecule has 1 N–H and O–H groups in total. The SMILES string of the molecule is CCc1ccc(C(=O)O)cc1S(=O)(=O)CCC(=O)N(C)C. The van der Waals surface area contributed by atoms with Crippen LogP contribution in [0.2, 0.25) is 0 Å². The molecule has 116 valence electrons. The Kier molecular flexibility index (Phi) is 5.48. The number of sulfone groups is 1. The summed E-state index contributed by atoms with van der Waals surface area (Å²) in [7, 11) is -0.592.